The molecule has 20 heteroatoms. The van der Waals surface area contributed by atoms with Crippen molar-refractivity contribution in [2.75, 3.05) is 39.6 Å². The van der Waals surface area contributed by atoms with Crippen LogP contribution < -0.4 is 8.85 Å². The molecule has 4 fully saturated rings. The maximum atomic E-state index is 12.1. The summed E-state index contributed by atoms with van der Waals surface area (Å²) in [5, 5.41) is 1.32. The molecular weight excluding hydrogens is 1080 g/mol. The fourth-order valence-corrected chi connectivity index (χ4v) is 13.0. The average Bonchev–Trinajstić information content (AvgIpc) is 1.53. The molecule has 4 saturated heterocycles. The first-order valence-electron chi connectivity index (χ1n) is 29.1. The molecule has 82 heavy (non-hydrogen) atoms. The minimum absolute atomic E-state index is 0.0542. The number of ether oxygens (including phenoxy) is 4. The van der Waals surface area contributed by atoms with Gasteiger partial charge >= 0.3 is 11.9 Å². The van der Waals surface area contributed by atoms with Gasteiger partial charge in [-0.3, -0.25) is 19.2 Å². The standard InChI is InChI=1S/C31H47NO9Si.C31H47NO7Si/c1-27(2,3)42(8,9)39-23-14-12-13-22(19-23)30-31(41-40-30,29(6,7)21-37-30)28(4,5)20-36-18-11-10-15-26(35)38-32-24(33)16-17-25(32)34;1-29(2,3)40(8,9)39-23-14-12-13-22(19-23)27-28(31(6,7)21-37-27)30(4,5)20-36-18-11-10-15-26(35)38-32-24(33)16-17-25(32)34/h12-14,19H,10-11,15-18,20-21H2,1-9H3;12-14,19H,10-11,15-18,20-21H2,1-9H3. The third-order valence-electron chi connectivity index (χ3n) is 17.3. The highest BCUT2D eigenvalue weighted by atomic mass is 28.4. The van der Waals surface area contributed by atoms with E-state index in [1.807, 2.05) is 36.4 Å². The molecule has 2 unspecified atom stereocenters. The Morgan fingerprint density at radius 3 is 1.52 bits per heavy atom. The zero-order chi connectivity index (χ0) is 61.1. The number of rotatable bonds is 24. The van der Waals surface area contributed by atoms with Gasteiger partial charge < -0.3 is 37.5 Å². The van der Waals surface area contributed by atoms with Crippen LogP contribution in [0.2, 0.25) is 36.3 Å². The molecule has 456 valence electrons. The fourth-order valence-electron chi connectivity index (χ4n) is 11.0. The van der Waals surface area contributed by atoms with E-state index in [1.165, 1.54) is 5.57 Å². The molecule has 7 rings (SSSR count). The summed E-state index contributed by atoms with van der Waals surface area (Å²) in [4.78, 5) is 92.4. The summed E-state index contributed by atoms with van der Waals surface area (Å²) in [5.41, 5.74) is 0.845. The lowest BCUT2D eigenvalue weighted by Crippen LogP contribution is -2.74. The largest absolute Gasteiger partial charge is 0.543 e. The summed E-state index contributed by atoms with van der Waals surface area (Å²) in [7, 11) is -4.04. The lowest BCUT2D eigenvalue weighted by molar-refractivity contribution is -0.628. The second-order valence-corrected chi connectivity index (χ2v) is 37.6. The summed E-state index contributed by atoms with van der Waals surface area (Å²) in [6.07, 6.45) is 2.84. The molecule has 2 atom stereocenters. The lowest BCUT2D eigenvalue weighted by Gasteiger charge is -2.61. The van der Waals surface area contributed by atoms with Gasteiger partial charge in [-0.25, -0.2) is 14.5 Å². The Morgan fingerprint density at radius 1 is 0.598 bits per heavy atom. The molecule has 4 amide bonds. The summed E-state index contributed by atoms with van der Waals surface area (Å²) in [6, 6.07) is 16.2. The van der Waals surface area contributed by atoms with Gasteiger partial charge in [0.25, 0.3) is 29.4 Å². The van der Waals surface area contributed by atoms with Crippen molar-refractivity contribution >= 4 is 58.0 Å². The molecular formula is C62H94N2O16Si2. The van der Waals surface area contributed by atoms with Crippen molar-refractivity contribution in [1.29, 1.82) is 0 Å². The predicted octanol–water partition coefficient (Wildman–Crippen LogP) is 12.5. The Morgan fingerprint density at radius 2 is 1.06 bits per heavy atom. The van der Waals surface area contributed by atoms with Crippen molar-refractivity contribution in [3.63, 3.8) is 0 Å². The second-order valence-electron chi connectivity index (χ2n) is 28.2. The van der Waals surface area contributed by atoms with E-state index in [4.69, 9.17) is 47.2 Å². The third-order valence-corrected chi connectivity index (χ3v) is 26.0. The summed E-state index contributed by atoms with van der Waals surface area (Å²) >= 11 is 0. The van der Waals surface area contributed by atoms with Crippen molar-refractivity contribution in [2.45, 2.75) is 209 Å². The van der Waals surface area contributed by atoms with Crippen LogP contribution in [-0.4, -0.2) is 108 Å². The van der Waals surface area contributed by atoms with Gasteiger partial charge in [0.1, 0.15) is 17.3 Å². The van der Waals surface area contributed by atoms with Crippen molar-refractivity contribution in [2.24, 2.45) is 21.7 Å². The van der Waals surface area contributed by atoms with Gasteiger partial charge in [0, 0.05) is 84.5 Å². The van der Waals surface area contributed by atoms with Crippen LogP contribution in [0.1, 0.15) is 172 Å². The number of hydrogen-bond donors (Lipinski definition) is 0. The number of hydrogen-bond acceptors (Lipinski definition) is 16. The minimum Gasteiger partial charge on any atom is -0.543 e. The van der Waals surface area contributed by atoms with Gasteiger partial charge in [-0.1, -0.05) is 121 Å². The van der Waals surface area contributed by atoms with Crippen molar-refractivity contribution < 1.29 is 76.0 Å². The quantitative estimate of drug-likeness (QED) is 0.0415. The first-order valence-corrected chi connectivity index (χ1v) is 34.9. The van der Waals surface area contributed by atoms with Crippen molar-refractivity contribution in [3.05, 3.63) is 65.2 Å². The van der Waals surface area contributed by atoms with E-state index in [9.17, 15) is 28.8 Å². The van der Waals surface area contributed by atoms with Gasteiger partial charge in [-0.15, -0.1) is 10.1 Å². The van der Waals surface area contributed by atoms with E-state index in [0.29, 0.717) is 75.5 Å². The second kappa shape index (κ2) is 24.9. The SMILES string of the molecule is CC(C)(COCCCCC(=O)ON1C(=O)CCC1=O)C12OOC1(c1cccc(O[Si](C)(C)C(C)(C)C)c1)OCC2(C)C.CC(C)(COCCCCC(=O)ON1C(=O)CCC1=O)C1=C(c2cccc(O[Si](C)(C)C(C)(C)C)c2)OCC1(C)C. The Kier molecular flexibility index (Phi) is 20.1. The average molecular weight is 1180 g/mol. The van der Waals surface area contributed by atoms with E-state index in [1.54, 1.807) is 0 Å². The Bertz CT molecular complexity index is 2690. The Labute approximate surface area is 488 Å². The lowest BCUT2D eigenvalue weighted by atomic mass is 9.57. The van der Waals surface area contributed by atoms with Crippen LogP contribution in [0.25, 0.3) is 5.76 Å². The number of imide groups is 2. The zero-order valence-electron chi connectivity index (χ0n) is 52.4. The van der Waals surface area contributed by atoms with E-state index in [2.05, 4.69) is 135 Å². The molecule has 5 heterocycles. The first kappa shape index (κ1) is 66.2. The zero-order valence-corrected chi connectivity index (χ0v) is 54.4. The van der Waals surface area contributed by atoms with Crippen LogP contribution in [0.5, 0.6) is 11.5 Å². The van der Waals surface area contributed by atoms with Crippen LogP contribution in [0.4, 0.5) is 0 Å². The predicted molar refractivity (Wildman–Crippen MR) is 313 cm³/mol. The monoisotopic (exact) mass is 1180 g/mol. The molecule has 18 nitrogen and oxygen atoms in total. The highest BCUT2D eigenvalue weighted by molar-refractivity contribution is 6.75. The summed E-state index contributed by atoms with van der Waals surface area (Å²) < 4.78 is 38.2. The number of carbonyl (C=O) groups is 6. The molecule has 0 N–H and O–H groups in total. The third kappa shape index (κ3) is 14.2. The molecule has 0 bridgehead atoms. The highest BCUT2D eigenvalue weighted by Crippen LogP contribution is 2.69. The maximum absolute atomic E-state index is 12.1. The summed E-state index contributed by atoms with van der Waals surface area (Å²) in [5.74, 6) is -1.64. The number of hydroxylamine groups is 4. The van der Waals surface area contributed by atoms with Crippen molar-refractivity contribution in [3.8, 4) is 11.5 Å². The van der Waals surface area contributed by atoms with Gasteiger partial charge in [0.2, 0.25) is 16.6 Å². The van der Waals surface area contributed by atoms with Crippen LogP contribution in [0, 0.1) is 21.7 Å². The molecule has 0 aliphatic carbocycles. The van der Waals surface area contributed by atoms with Gasteiger partial charge in [0.15, 0.2) is 5.60 Å². The van der Waals surface area contributed by atoms with Crippen molar-refractivity contribution in [1.82, 2.24) is 10.1 Å². The fraction of sp³-hybridized carbons (Fsp3) is 0.677. The maximum Gasteiger partial charge on any atom is 0.333 e. The van der Waals surface area contributed by atoms with Crippen LogP contribution in [0.3, 0.4) is 0 Å². The molecule has 0 aromatic heterocycles. The van der Waals surface area contributed by atoms with E-state index >= 15 is 0 Å². The van der Waals surface area contributed by atoms with Gasteiger partial charge in [-0.2, -0.15) is 4.89 Å². The number of amides is 4. The van der Waals surface area contributed by atoms with E-state index in [0.717, 1.165) is 28.4 Å². The minimum atomic E-state index is -2.06. The number of unbranched alkanes of at least 4 members (excludes halogenated alkanes) is 2. The highest BCUT2D eigenvalue weighted by Gasteiger charge is 2.82. The van der Waals surface area contributed by atoms with Crippen LogP contribution in [-0.2, 0) is 73.0 Å². The first-order chi connectivity index (χ1) is 37.8. The molecule has 5 aliphatic heterocycles. The Hall–Kier alpha value is -4.97. The number of carbonyl (C=O) groups excluding carboxylic acids is 6. The smallest absolute Gasteiger partial charge is 0.333 e. The van der Waals surface area contributed by atoms with Gasteiger partial charge in [-0.05, 0) is 91.8 Å². The van der Waals surface area contributed by atoms with E-state index < -0.39 is 74.4 Å². The molecule has 0 radical (unpaired) electrons. The van der Waals surface area contributed by atoms with Crippen LogP contribution >= 0.6 is 0 Å². The normalized spacial score (nSPS) is 21.9. The molecule has 0 saturated carbocycles. The van der Waals surface area contributed by atoms with Crippen LogP contribution in [0.15, 0.2) is 54.1 Å². The number of fused-ring (bicyclic) bond motifs is 1. The number of nitrogens with zero attached hydrogens (tertiary/aromatic N) is 2. The molecule has 0 spiro atoms. The van der Waals surface area contributed by atoms with Gasteiger partial charge in [0.05, 0.1) is 26.4 Å². The van der Waals surface area contributed by atoms with E-state index in [-0.39, 0.29) is 59.4 Å². The molecule has 2 aromatic carbocycles. The summed E-state index contributed by atoms with van der Waals surface area (Å²) in [6.45, 7) is 42.3. The topological polar surface area (TPSA) is 201 Å². The molecule has 5 aliphatic rings. The Balaban J connectivity index is 0.000000264. The molecule has 2 aromatic rings. The number of benzene rings is 2.